The SMILES string of the molecule is CC(CCN)NCc1cc(Cl)ccc1F. The van der Waals surface area contributed by atoms with Crippen molar-refractivity contribution in [2.75, 3.05) is 6.54 Å². The summed E-state index contributed by atoms with van der Waals surface area (Å²) >= 11 is 5.78. The molecule has 15 heavy (non-hydrogen) atoms. The molecule has 0 saturated carbocycles. The van der Waals surface area contributed by atoms with Gasteiger partial charge in [0.2, 0.25) is 0 Å². The van der Waals surface area contributed by atoms with Crippen molar-refractivity contribution >= 4 is 11.6 Å². The first-order chi connectivity index (χ1) is 7.13. The predicted octanol–water partition coefficient (Wildman–Crippen LogP) is 2.31. The zero-order valence-corrected chi connectivity index (χ0v) is 9.52. The third-order valence-electron chi connectivity index (χ3n) is 2.25. The van der Waals surface area contributed by atoms with Crippen LogP contribution in [0, 0.1) is 5.82 Å². The molecule has 1 aromatic carbocycles. The molecule has 0 bridgehead atoms. The first-order valence-electron chi connectivity index (χ1n) is 5.01. The first kappa shape index (κ1) is 12.4. The number of rotatable bonds is 5. The molecule has 1 rings (SSSR count). The smallest absolute Gasteiger partial charge is 0.127 e. The van der Waals surface area contributed by atoms with Crippen LogP contribution in [0.1, 0.15) is 18.9 Å². The van der Waals surface area contributed by atoms with Crippen molar-refractivity contribution in [2.24, 2.45) is 5.73 Å². The Morgan fingerprint density at radius 3 is 2.93 bits per heavy atom. The fraction of sp³-hybridized carbons (Fsp3) is 0.455. The van der Waals surface area contributed by atoms with E-state index in [1.54, 1.807) is 12.1 Å². The van der Waals surface area contributed by atoms with Gasteiger partial charge in [0.25, 0.3) is 0 Å². The molecular formula is C11H16ClFN2. The van der Waals surface area contributed by atoms with Gasteiger partial charge in [-0.15, -0.1) is 0 Å². The lowest BCUT2D eigenvalue weighted by Gasteiger charge is -2.13. The van der Waals surface area contributed by atoms with Gasteiger partial charge in [0, 0.05) is 23.2 Å². The van der Waals surface area contributed by atoms with Gasteiger partial charge in [-0.25, -0.2) is 4.39 Å². The van der Waals surface area contributed by atoms with Crippen LogP contribution in [0.2, 0.25) is 5.02 Å². The highest BCUT2D eigenvalue weighted by atomic mass is 35.5. The summed E-state index contributed by atoms with van der Waals surface area (Å²) in [5.41, 5.74) is 6.01. The number of nitrogens with two attached hydrogens (primary N) is 1. The maximum absolute atomic E-state index is 13.3. The third kappa shape index (κ3) is 4.16. The molecule has 2 nitrogen and oxygen atoms in total. The molecule has 0 saturated heterocycles. The molecule has 0 amide bonds. The second-order valence-electron chi connectivity index (χ2n) is 3.60. The highest BCUT2D eigenvalue weighted by Crippen LogP contribution is 2.14. The summed E-state index contributed by atoms with van der Waals surface area (Å²) < 4.78 is 13.3. The molecule has 0 aliphatic heterocycles. The summed E-state index contributed by atoms with van der Waals surface area (Å²) in [6, 6.07) is 4.85. The van der Waals surface area contributed by atoms with Gasteiger partial charge in [-0.2, -0.15) is 0 Å². The standard InChI is InChI=1S/C11H16ClFN2/c1-8(4-5-14)15-7-9-6-10(12)2-3-11(9)13/h2-3,6,8,15H,4-5,7,14H2,1H3. The van der Waals surface area contributed by atoms with E-state index in [1.165, 1.54) is 6.07 Å². The Labute approximate surface area is 94.6 Å². The maximum atomic E-state index is 13.3. The molecule has 0 aliphatic rings. The summed E-state index contributed by atoms with van der Waals surface area (Å²) in [4.78, 5) is 0. The third-order valence-corrected chi connectivity index (χ3v) is 2.48. The van der Waals surface area contributed by atoms with Crippen LogP contribution in [0.3, 0.4) is 0 Å². The van der Waals surface area contributed by atoms with Gasteiger partial charge >= 0.3 is 0 Å². The zero-order chi connectivity index (χ0) is 11.3. The largest absolute Gasteiger partial charge is 0.330 e. The van der Waals surface area contributed by atoms with Crippen molar-refractivity contribution < 1.29 is 4.39 Å². The van der Waals surface area contributed by atoms with Crippen LogP contribution >= 0.6 is 11.6 Å². The van der Waals surface area contributed by atoms with Crippen molar-refractivity contribution in [3.8, 4) is 0 Å². The Morgan fingerprint density at radius 2 is 2.27 bits per heavy atom. The molecule has 1 atom stereocenters. The van der Waals surface area contributed by atoms with Gasteiger partial charge in [-0.1, -0.05) is 11.6 Å². The lowest BCUT2D eigenvalue weighted by molar-refractivity contribution is 0.506. The molecule has 0 aromatic heterocycles. The Bertz CT molecular complexity index is 317. The Kier molecular flexibility index (Phi) is 5.02. The minimum absolute atomic E-state index is 0.230. The Balaban J connectivity index is 2.53. The minimum atomic E-state index is -0.230. The topological polar surface area (TPSA) is 38.0 Å². The van der Waals surface area contributed by atoms with E-state index in [4.69, 9.17) is 17.3 Å². The van der Waals surface area contributed by atoms with Crippen molar-refractivity contribution in [1.29, 1.82) is 0 Å². The van der Waals surface area contributed by atoms with E-state index in [-0.39, 0.29) is 11.9 Å². The number of hydrogen-bond donors (Lipinski definition) is 2. The molecular weight excluding hydrogens is 215 g/mol. The number of nitrogens with one attached hydrogen (secondary N) is 1. The van der Waals surface area contributed by atoms with Crippen LogP contribution in [0.4, 0.5) is 4.39 Å². The average Bonchev–Trinajstić information content (AvgIpc) is 2.20. The molecule has 3 N–H and O–H groups in total. The minimum Gasteiger partial charge on any atom is -0.330 e. The van der Waals surface area contributed by atoms with Gasteiger partial charge in [-0.05, 0) is 38.1 Å². The highest BCUT2D eigenvalue weighted by molar-refractivity contribution is 6.30. The van der Waals surface area contributed by atoms with Gasteiger partial charge in [0.1, 0.15) is 5.82 Å². The van der Waals surface area contributed by atoms with Gasteiger partial charge in [-0.3, -0.25) is 0 Å². The van der Waals surface area contributed by atoms with Crippen LogP contribution < -0.4 is 11.1 Å². The van der Waals surface area contributed by atoms with Crippen LogP contribution in [0.15, 0.2) is 18.2 Å². The molecule has 4 heteroatoms. The van der Waals surface area contributed by atoms with Crippen LogP contribution in [0.25, 0.3) is 0 Å². The molecule has 0 spiro atoms. The molecule has 0 fully saturated rings. The fourth-order valence-electron chi connectivity index (χ4n) is 1.32. The number of benzene rings is 1. The molecule has 0 aliphatic carbocycles. The van der Waals surface area contributed by atoms with Crippen LogP contribution in [0.5, 0.6) is 0 Å². The normalized spacial score (nSPS) is 12.8. The highest BCUT2D eigenvalue weighted by Gasteiger charge is 2.05. The number of halogens is 2. The molecule has 84 valence electrons. The second-order valence-corrected chi connectivity index (χ2v) is 4.03. The quantitative estimate of drug-likeness (QED) is 0.815. The van der Waals surface area contributed by atoms with E-state index in [0.717, 1.165) is 6.42 Å². The van der Waals surface area contributed by atoms with E-state index >= 15 is 0 Å². The van der Waals surface area contributed by atoms with Crippen LogP contribution in [-0.2, 0) is 6.54 Å². The lowest BCUT2D eigenvalue weighted by Crippen LogP contribution is -2.28. The van der Waals surface area contributed by atoms with Crippen molar-refractivity contribution in [2.45, 2.75) is 25.9 Å². The van der Waals surface area contributed by atoms with E-state index in [9.17, 15) is 4.39 Å². The van der Waals surface area contributed by atoms with Crippen molar-refractivity contribution in [1.82, 2.24) is 5.32 Å². The Morgan fingerprint density at radius 1 is 1.53 bits per heavy atom. The van der Waals surface area contributed by atoms with Crippen molar-refractivity contribution in [3.05, 3.63) is 34.6 Å². The summed E-state index contributed by atoms with van der Waals surface area (Å²) in [5, 5.41) is 3.74. The Hall–Kier alpha value is -0.640. The molecule has 1 unspecified atom stereocenters. The van der Waals surface area contributed by atoms with E-state index < -0.39 is 0 Å². The second kappa shape index (κ2) is 6.05. The molecule has 0 radical (unpaired) electrons. The molecule has 0 heterocycles. The van der Waals surface area contributed by atoms with Crippen LogP contribution in [-0.4, -0.2) is 12.6 Å². The summed E-state index contributed by atoms with van der Waals surface area (Å²) in [7, 11) is 0. The first-order valence-corrected chi connectivity index (χ1v) is 5.38. The lowest BCUT2D eigenvalue weighted by atomic mass is 10.2. The average molecular weight is 231 g/mol. The summed E-state index contributed by atoms with van der Waals surface area (Å²) in [6.07, 6.45) is 0.877. The summed E-state index contributed by atoms with van der Waals surface area (Å²) in [5.74, 6) is -0.230. The van der Waals surface area contributed by atoms with E-state index in [2.05, 4.69) is 5.32 Å². The maximum Gasteiger partial charge on any atom is 0.127 e. The van der Waals surface area contributed by atoms with Gasteiger partial charge in [0.15, 0.2) is 0 Å². The predicted molar refractivity (Wildman–Crippen MR) is 61.4 cm³/mol. The molecule has 1 aromatic rings. The fourth-order valence-corrected chi connectivity index (χ4v) is 1.51. The van der Waals surface area contributed by atoms with E-state index in [0.29, 0.717) is 23.7 Å². The monoisotopic (exact) mass is 230 g/mol. The van der Waals surface area contributed by atoms with Crippen molar-refractivity contribution in [3.63, 3.8) is 0 Å². The van der Waals surface area contributed by atoms with E-state index in [1.807, 2.05) is 6.92 Å². The number of hydrogen-bond acceptors (Lipinski definition) is 2. The zero-order valence-electron chi connectivity index (χ0n) is 8.76. The van der Waals surface area contributed by atoms with Gasteiger partial charge < -0.3 is 11.1 Å². The van der Waals surface area contributed by atoms with Gasteiger partial charge in [0.05, 0.1) is 0 Å². The summed E-state index contributed by atoms with van der Waals surface area (Å²) in [6.45, 7) is 3.13.